The van der Waals surface area contributed by atoms with E-state index in [1.54, 1.807) is 0 Å². The quantitative estimate of drug-likeness (QED) is 0.0222. The molecule has 0 amide bonds. The Kier molecular flexibility index (Phi) is 75.4. The average molecular weight is 1510 g/mol. The molecule has 0 heterocycles. The molecule has 0 fully saturated rings. The van der Waals surface area contributed by atoms with Crippen molar-refractivity contribution in [1.82, 2.24) is 0 Å². The Morgan fingerprint density at radius 3 is 0.660 bits per heavy atom. The van der Waals surface area contributed by atoms with E-state index < -0.39 is 97.5 Å². The Morgan fingerprint density at radius 2 is 0.447 bits per heavy atom. The zero-order valence-electron chi connectivity index (χ0n) is 67.5. The van der Waals surface area contributed by atoms with Gasteiger partial charge in [-0.2, -0.15) is 0 Å². The number of rotatable bonds is 84. The molecule has 0 aliphatic carbocycles. The summed E-state index contributed by atoms with van der Waals surface area (Å²) < 4.78 is 68.8. The fourth-order valence-corrected chi connectivity index (χ4v) is 14.7. The van der Waals surface area contributed by atoms with E-state index in [2.05, 4.69) is 34.6 Å². The number of carbonyl (C=O) groups is 4. The Balaban J connectivity index is 5.20. The molecular formula is C84H164O17P2. The fraction of sp³-hybridized carbons (Fsp3) is 0.952. The topological polar surface area (TPSA) is 237 Å². The molecule has 3 N–H and O–H groups in total. The first-order chi connectivity index (χ1) is 50.0. The van der Waals surface area contributed by atoms with Crippen molar-refractivity contribution < 1.29 is 80.2 Å². The molecule has 0 saturated carbocycles. The number of phosphoric ester groups is 2. The molecule has 17 nitrogen and oxygen atoms in total. The lowest BCUT2D eigenvalue weighted by molar-refractivity contribution is -0.161. The van der Waals surface area contributed by atoms with Crippen LogP contribution in [0, 0.1) is 5.92 Å². The van der Waals surface area contributed by atoms with Gasteiger partial charge < -0.3 is 33.8 Å². The van der Waals surface area contributed by atoms with Crippen molar-refractivity contribution >= 4 is 39.5 Å². The summed E-state index contributed by atoms with van der Waals surface area (Å²) >= 11 is 0. The number of aliphatic hydroxyl groups is 1. The SMILES string of the molecule is CCCCCCCCCCCCCCCCCCCCCCC(=O)OC[C@H](COP(=O)(O)OC[C@@H](O)COP(=O)(O)OC[C@@H](COC(=O)CCCCCCCCCCC)OC(=O)CCCCCCCCCCCCCC(C)C)OC(=O)CCCCCCCCCCCCCCCCCCCCCC. The zero-order chi connectivity index (χ0) is 75.5. The largest absolute Gasteiger partial charge is 0.472 e. The van der Waals surface area contributed by atoms with E-state index in [4.69, 9.17) is 37.0 Å². The molecule has 0 aromatic heterocycles. The highest BCUT2D eigenvalue weighted by atomic mass is 31.2. The lowest BCUT2D eigenvalue weighted by atomic mass is 10.0. The molecule has 103 heavy (non-hydrogen) atoms. The highest BCUT2D eigenvalue weighted by Gasteiger charge is 2.30. The van der Waals surface area contributed by atoms with Crippen LogP contribution in [0.1, 0.15) is 452 Å². The van der Waals surface area contributed by atoms with Gasteiger partial charge >= 0.3 is 39.5 Å². The molecule has 19 heteroatoms. The van der Waals surface area contributed by atoms with Crippen LogP contribution in [-0.4, -0.2) is 96.7 Å². The molecule has 0 aliphatic heterocycles. The molecule has 0 rings (SSSR count). The molecule has 0 bridgehead atoms. The summed E-state index contributed by atoms with van der Waals surface area (Å²) in [5.41, 5.74) is 0. The summed E-state index contributed by atoms with van der Waals surface area (Å²) in [6.07, 6.45) is 69.6. The van der Waals surface area contributed by atoms with E-state index in [-0.39, 0.29) is 25.7 Å². The molecule has 612 valence electrons. The maximum Gasteiger partial charge on any atom is 0.472 e. The van der Waals surface area contributed by atoms with Crippen molar-refractivity contribution in [3.8, 4) is 0 Å². The second kappa shape index (κ2) is 76.8. The maximum atomic E-state index is 13.1. The van der Waals surface area contributed by atoms with Gasteiger partial charge in [0.2, 0.25) is 0 Å². The van der Waals surface area contributed by atoms with E-state index in [0.717, 1.165) is 95.8 Å². The van der Waals surface area contributed by atoms with Crippen LogP contribution in [0.25, 0.3) is 0 Å². The van der Waals surface area contributed by atoms with Gasteiger partial charge in [-0.15, -0.1) is 0 Å². The zero-order valence-corrected chi connectivity index (χ0v) is 69.3. The second-order valence-electron chi connectivity index (χ2n) is 30.7. The van der Waals surface area contributed by atoms with Crippen LogP contribution in [0.4, 0.5) is 0 Å². The number of carbonyl (C=O) groups excluding carboxylic acids is 4. The first kappa shape index (κ1) is 101. The second-order valence-corrected chi connectivity index (χ2v) is 33.6. The Morgan fingerprint density at radius 1 is 0.262 bits per heavy atom. The van der Waals surface area contributed by atoms with Crippen molar-refractivity contribution in [2.75, 3.05) is 39.6 Å². The summed E-state index contributed by atoms with van der Waals surface area (Å²) in [6.45, 7) is 7.33. The third kappa shape index (κ3) is 78.0. The van der Waals surface area contributed by atoms with Crippen LogP contribution in [-0.2, 0) is 65.4 Å². The van der Waals surface area contributed by atoms with Crippen molar-refractivity contribution in [3.63, 3.8) is 0 Å². The van der Waals surface area contributed by atoms with Gasteiger partial charge in [0.1, 0.15) is 19.3 Å². The number of phosphoric acid groups is 2. The standard InChI is InChI=1S/C84H164O17P2/c1-6-9-12-15-18-21-23-25-27-29-31-33-35-37-39-43-48-53-58-63-68-82(87)95-74-80(101-83(88)69-64-59-54-49-44-40-38-36-34-32-30-28-26-24-22-19-16-13-10-7-2)76-99-103(92,93)97-72-78(85)71-96-102(90,91)98-75-79(73-94-81(86)67-62-57-52-46-20-17-14-11-8-3)100-84(89)70-65-60-55-50-45-41-42-47-51-56-61-66-77(4)5/h77-80,85H,6-76H2,1-5H3,(H,90,91)(H,92,93)/t78-,79+,80+/m0/s1. The number of hydrogen-bond donors (Lipinski definition) is 3. The van der Waals surface area contributed by atoms with Gasteiger partial charge in [0.05, 0.1) is 26.4 Å². The number of hydrogen-bond acceptors (Lipinski definition) is 15. The lowest BCUT2D eigenvalue weighted by Gasteiger charge is -2.21. The van der Waals surface area contributed by atoms with Crippen molar-refractivity contribution in [3.05, 3.63) is 0 Å². The van der Waals surface area contributed by atoms with Gasteiger partial charge in [-0.1, -0.05) is 401 Å². The Bertz CT molecular complexity index is 1960. The molecule has 0 aliphatic rings. The predicted molar refractivity (Wildman–Crippen MR) is 423 cm³/mol. The normalized spacial score (nSPS) is 13.8. The van der Waals surface area contributed by atoms with Crippen LogP contribution < -0.4 is 0 Å². The molecular weight excluding hydrogens is 1340 g/mol. The summed E-state index contributed by atoms with van der Waals surface area (Å²) in [5.74, 6) is -1.34. The van der Waals surface area contributed by atoms with Gasteiger partial charge in [0, 0.05) is 25.7 Å². The molecule has 0 aromatic carbocycles. The van der Waals surface area contributed by atoms with Gasteiger partial charge in [-0.3, -0.25) is 37.3 Å². The molecule has 5 atom stereocenters. The minimum absolute atomic E-state index is 0.107. The van der Waals surface area contributed by atoms with Crippen LogP contribution in [0.5, 0.6) is 0 Å². The van der Waals surface area contributed by atoms with Crippen LogP contribution in [0.3, 0.4) is 0 Å². The maximum absolute atomic E-state index is 13.1. The first-order valence-corrected chi connectivity index (χ1v) is 46.6. The van der Waals surface area contributed by atoms with Gasteiger partial charge in [-0.05, 0) is 31.6 Å². The third-order valence-corrected chi connectivity index (χ3v) is 21.7. The third-order valence-electron chi connectivity index (χ3n) is 19.8. The first-order valence-electron chi connectivity index (χ1n) is 43.6. The fourth-order valence-electron chi connectivity index (χ4n) is 13.1. The summed E-state index contributed by atoms with van der Waals surface area (Å²) in [6, 6.07) is 0. The highest BCUT2D eigenvalue weighted by Crippen LogP contribution is 2.45. The summed E-state index contributed by atoms with van der Waals surface area (Å²) in [7, 11) is -9.92. The molecule has 0 spiro atoms. The highest BCUT2D eigenvalue weighted by molar-refractivity contribution is 7.47. The number of esters is 4. The van der Waals surface area contributed by atoms with Crippen molar-refractivity contribution in [2.45, 2.75) is 470 Å². The molecule has 0 radical (unpaired) electrons. The average Bonchev–Trinajstić information content (AvgIpc) is 0.944. The number of ether oxygens (including phenoxy) is 4. The smallest absolute Gasteiger partial charge is 0.462 e. The Labute approximate surface area is 632 Å². The number of aliphatic hydroxyl groups excluding tert-OH is 1. The van der Waals surface area contributed by atoms with E-state index in [1.807, 2.05) is 0 Å². The monoisotopic (exact) mass is 1510 g/mol. The van der Waals surface area contributed by atoms with Gasteiger partial charge in [0.25, 0.3) is 0 Å². The van der Waals surface area contributed by atoms with E-state index in [9.17, 15) is 43.2 Å². The van der Waals surface area contributed by atoms with Crippen LogP contribution in [0.15, 0.2) is 0 Å². The minimum Gasteiger partial charge on any atom is -0.462 e. The minimum atomic E-state index is -4.96. The predicted octanol–water partition coefficient (Wildman–Crippen LogP) is 25.6. The van der Waals surface area contributed by atoms with Crippen molar-refractivity contribution in [1.29, 1.82) is 0 Å². The number of unbranched alkanes of at least 4 members (excludes halogenated alkanes) is 56. The summed E-state index contributed by atoms with van der Waals surface area (Å²) in [5, 5.41) is 10.7. The molecule has 0 saturated heterocycles. The molecule has 2 unspecified atom stereocenters. The van der Waals surface area contributed by atoms with Crippen LogP contribution in [0.2, 0.25) is 0 Å². The molecule has 0 aromatic rings. The van der Waals surface area contributed by atoms with E-state index in [0.29, 0.717) is 25.7 Å². The van der Waals surface area contributed by atoms with E-state index >= 15 is 0 Å². The van der Waals surface area contributed by atoms with Crippen LogP contribution >= 0.6 is 15.6 Å². The van der Waals surface area contributed by atoms with Gasteiger partial charge in [-0.25, -0.2) is 9.13 Å². The summed E-state index contributed by atoms with van der Waals surface area (Å²) in [4.78, 5) is 73.1. The Hall–Kier alpha value is -1.94. The van der Waals surface area contributed by atoms with Crippen molar-refractivity contribution in [2.24, 2.45) is 5.92 Å². The van der Waals surface area contributed by atoms with Gasteiger partial charge in [0.15, 0.2) is 12.2 Å². The van der Waals surface area contributed by atoms with E-state index in [1.165, 1.54) is 276 Å². The lowest BCUT2D eigenvalue weighted by Crippen LogP contribution is -2.30.